The first-order valence-electron chi connectivity index (χ1n) is 15.5. The molecule has 1 heterocycles. The highest BCUT2D eigenvalue weighted by Crippen LogP contribution is 2.50. The van der Waals surface area contributed by atoms with Crippen LogP contribution in [0.1, 0.15) is 18.4 Å². The number of thiophene rings is 1. The van der Waals surface area contributed by atoms with Crippen LogP contribution < -0.4 is 0 Å². The van der Waals surface area contributed by atoms with Gasteiger partial charge in [-0.15, -0.1) is 11.3 Å². The fourth-order valence-electron chi connectivity index (χ4n) is 7.58. The molecule has 0 N–H and O–H groups in total. The summed E-state index contributed by atoms with van der Waals surface area (Å²) in [7, 11) is 0. The highest BCUT2D eigenvalue weighted by Gasteiger charge is 2.25. The minimum absolute atomic E-state index is 0.367. The third-order valence-electron chi connectivity index (χ3n) is 9.59. The Bertz CT molecular complexity index is 2410. The van der Waals surface area contributed by atoms with Crippen molar-refractivity contribution in [2.24, 2.45) is 5.92 Å². The first-order valence-corrected chi connectivity index (χ1v) is 16.3. The van der Waals surface area contributed by atoms with Crippen molar-refractivity contribution in [3.8, 4) is 22.3 Å². The minimum atomic E-state index is 0.367. The molecule has 2 atom stereocenters. The Morgan fingerprint density at radius 3 is 1.75 bits per heavy atom. The van der Waals surface area contributed by atoms with Crippen molar-refractivity contribution < 1.29 is 0 Å². The molecule has 2 unspecified atom stereocenters. The summed E-state index contributed by atoms with van der Waals surface area (Å²) < 4.78 is 2.76. The van der Waals surface area contributed by atoms with Gasteiger partial charge in [-0.05, 0) is 72.1 Å². The van der Waals surface area contributed by atoms with Crippen molar-refractivity contribution in [3.05, 3.63) is 157 Å². The van der Waals surface area contributed by atoms with Crippen LogP contribution in [0.2, 0.25) is 0 Å². The van der Waals surface area contributed by atoms with Crippen molar-refractivity contribution in [3.63, 3.8) is 0 Å². The fourth-order valence-corrected chi connectivity index (χ4v) is 8.87. The summed E-state index contributed by atoms with van der Waals surface area (Å²) in [6.45, 7) is 2.34. The van der Waals surface area contributed by atoms with Gasteiger partial charge in [-0.3, -0.25) is 0 Å². The molecule has 1 aromatic heterocycles. The molecule has 0 amide bonds. The van der Waals surface area contributed by atoms with E-state index in [9.17, 15) is 0 Å². The summed E-state index contributed by atoms with van der Waals surface area (Å²) in [6.07, 6.45) is 9.12. The number of rotatable bonds is 3. The Hall–Kier alpha value is -4.98. The average molecular weight is 579 g/mol. The predicted octanol–water partition coefficient (Wildman–Crippen LogP) is 12.7. The second-order valence-corrected chi connectivity index (χ2v) is 13.1. The zero-order valence-corrected chi connectivity index (χ0v) is 25.3. The van der Waals surface area contributed by atoms with Gasteiger partial charge in [-0.1, -0.05) is 153 Å². The summed E-state index contributed by atoms with van der Waals surface area (Å²) in [5.74, 6) is 0.827. The van der Waals surface area contributed by atoms with Gasteiger partial charge in [0.2, 0.25) is 0 Å². The Morgan fingerprint density at radius 1 is 0.477 bits per heavy atom. The molecule has 0 fully saturated rings. The molecule has 1 aliphatic rings. The van der Waals surface area contributed by atoms with Crippen LogP contribution in [0.15, 0.2) is 152 Å². The average Bonchev–Trinajstić information content (AvgIpc) is 3.47. The molecule has 1 heteroatoms. The molecule has 0 nitrogen and oxygen atoms in total. The monoisotopic (exact) mass is 578 g/mol. The predicted molar refractivity (Wildman–Crippen MR) is 193 cm³/mol. The second kappa shape index (κ2) is 10.0. The van der Waals surface area contributed by atoms with E-state index in [1.54, 1.807) is 0 Å². The highest BCUT2D eigenvalue weighted by atomic mass is 32.1. The lowest BCUT2D eigenvalue weighted by Gasteiger charge is -2.23. The second-order valence-electron chi connectivity index (χ2n) is 12.0. The first-order chi connectivity index (χ1) is 21.8. The maximum Gasteiger partial charge on any atom is 0.0399 e. The number of hydrogen-bond acceptors (Lipinski definition) is 1. The van der Waals surface area contributed by atoms with Gasteiger partial charge in [0.1, 0.15) is 0 Å². The lowest BCUT2D eigenvalue weighted by molar-refractivity contribution is 0.640. The molecule has 44 heavy (non-hydrogen) atoms. The van der Waals surface area contributed by atoms with E-state index in [0.717, 1.165) is 0 Å². The number of fused-ring (bicyclic) bond motifs is 6. The Balaban J connectivity index is 1.43. The fraction of sp³-hybridized carbons (Fsp3) is 0.0698. The Labute approximate surface area is 261 Å². The Morgan fingerprint density at radius 2 is 1.05 bits per heavy atom. The molecule has 0 saturated carbocycles. The molecule has 7 aromatic carbocycles. The van der Waals surface area contributed by atoms with Gasteiger partial charge in [-0.25, -0.2) is 0 Å². The van der Waals surface area contributed by atoms with Gasteiger partial charge in [0.15, 0.2) is 0 Å². The smallest absolute Gasteiger partial charge is 0.0399 e. The van der Waals surface area contributed by atoms with Gasteiger partial charge in [0.25, 0.3) is 0 Å². The number of allylic oxidation sites excluding steroid dienone is 4. The molecule has 0 bridgehead atoms. The summed E-state index contributed by atoms with van der Waals surface area (Å²) in [5, 5.41) is 10.5. The van der Waals surface area contributed by atoms with Crippen LogP contribution in [0.3, 0.4) is 0 Å². The van der Waals surface area contributed by atoms with Crippen LogP contribution in [0.4, 0.5) is 0 Å². The minimum Gasteiger partial charge on any atom is -0.135 e. The van der Waals surface area contributed by atoms with Gasteiger partial charge in [0, 0.05) is 26.1 Å². The van der Waals surface area contributed by atoms with E-state index in [1.165, 1.54) is 80.3 Å². The topological polar surface area (TPSA) is 0 Å². The standard InChI is InChI=1S/C43H30S/c1-27-13-2-4-16-29(27)36-25-26-38(42-37-22-10-11-24-39(37)44-43(36)42)41-34-20-8-6-18-32(34)40(33-19-7-9-21-35(33)41)31-23-12-15-28-14-3-5-17-30(28)31/h2-27,29H,1H3. The van der Waals surface area contributed by atoms with E-state index >= 15 is 0 Å². The zero-order chi connectivity index (χ0) is 29.2. The lowest BCUT2D eigenvalue weighted by Crippen LogP contribution is -2.07. The maximum atomic E-state index is 2.42. The molecule has 1 aliphatic carbocycles. The Kier molecular flexibility index (Phi) is 5.82. The van der Waals surface area contributed by atoms with Crippen LogP contribution in [0.5, 0.6) is 0 Å². The zero-order valence-electron chi connectivity index (χ0n) is 24.5. The number of hydrogen-bond donors (Lipinski definition) is 0. The third kappa shape index (κ3) is 3.76. The molecule has 0 radical (unpaired) electrons. The molecule has 0 aliphatic heterocycles. The van der Waals surface area contributed by atoms with E-state index < -0.39 is 0 Å². The third-order valence-corrected chi connectivity index (χ3v) is 10.8. The SMILES string of the molecule is CC1C=CC=CC1c1ccc(-c2c3ccccc3c(-c3cccc4ccccc34)c3ccccc23)c2c1sc1ccccc12. The largest absolute Gasteiger partial charge is 0.135 e. The van der Waals surface area contributed by atoms with Gasteiger partial charge >= 0.3 is 0 Å². The number of benzene rings is 7. The van der Waals surface area contributed by atoms with Crippen LogP contribution in [0, 0.1) is 5.92 Å². The van der Waals surface area contributed by atoms with Crippen molar-refractivity contribution in [1.29, 1.82) is 0 Å². The van der Waals surface area contributed by atoms with E-state index in [1.807, 2.05) is 11.3 Å². The normalized spacial score (nSPS) is 16.6. The van der Waals surface area contributed by atoms with Crippen LogP contribution in [-0.2, 0) is 0 Å². The van der Waals surface area contributed by atoms with E-state index in [-0.39, 0.29) is 0 Å². The van der Waals surface area contributed by atoms with Crippen molar-refractivity contribution in [2.45, 2.75) is 12.8 Å². The van der Waals surface area contributed by atoms with Crippen LogP contribution >= 0.6 is 11.3 Å². The van der Waals surface area contributed by atoms with Gasteiger partial charge < -0.3 is 0 Å². The van der Waals surface area contributed by atoms with Gasteiger partial charge in [-0.2, -0.15) is 0 Å². The molecule has 8 aromatic rings. The summed E-state index contributed by atoms with van der Waals surface area (Å²) in [6, 6.07) is 47.4. The maximum absolute atomic E-state index is 2.42. The molecule has 208 valence electrons. The summed E-state index contributed by atoms with van der Waals surface area (Å²) in [5.41, 5.74) is 6.68. The van der Waals surface area contributed by atoms with Crippen molar-refractivity contribution in [2.75, 3.05) is 0 Å². The molecular formula is C43H30S. The van der Waals surface area contributed by atoms with E-state index in [4.69, 9.17) is 0 Å². The molecular weight excluding hydrogens is 549 g/mol. The first kappa shape index (κ1) is 25.5. The highest BCUT2D eigenvalue weighted by molar-refractivity contribution is 7.26. The van der Waals surface area contributed by atoms with Crippen molar-refractivity contribution in [1.82, 2.24) is 0 Å². The summed E-state index contributed by atoms with van der Waals surface area (Å²) >= 11 is 1.95. The molecule has 0 spiro atoms. The quantitative estimate of drug-likeness (QED) is 0.183. The van der Waals surface area contributed by atoms with Crippen molar-refractivity contribution >= 4 is 63.8 Å². The van der Waals surface area contributed by atoms with E-state index in [2.05, 4.69) is 159 Å². The van der Waals surface area contributed by atoms with Gasteiger partial charge in [0.05, 0.1) is 0 Å². The van der Waals surface area contributed by atoms with E-state index in [0.29, 0.717) is 11.8 Å². The van der Waals surface area contributed by atoms with Crippen LogP contribution in [0.25, 0.3) is 74.7 Å². The van der Waals surface area contributed by atoms with Crippen LogP contribution in [-0.4, -0.2) is 0 Å². The molecule has 9 rings (SSSR count). The lowest BCUT2D eigenvalue weighted by atomic mass is 9.81. The molecule has 0 saturated heterocycles. The summed E-state index contributed by atoms with van der Waals surface area (Å²) in [4.78, 5) is 0.